The molecule has 4 aromatic heterocycles. The van der Waals surface area contributed by atoms with Gasteiger partial charge in [0.05, 0.1) is 23.6 Å². The van der Waals surface area contributed by atoms with E-state index in [1.54, 1.807) is 13.0 Å². The number of rotatable bonds is 8. The van der Waals surface area contributed by atoms with Gasteiger partial charge >= 0.3 is 5.97 Å². The molecule has 5 aromatic rings. The van der Waals surface area contributed by atoms with E-state index in [0.29, 0.717) is 18.5 Å². The highest BCUT2D eigenvalue weighted by atomic mass is 16.4. The van der Waals surface area contributed by atoms with E-state index in [-0.39, 0.29) is 11.6 Å². The molecule has 3 aliphatic rings. The van der Waals surface area contributed by atoms with Gasteiger partial charge in [0, 0.05) is 86.2 Å². The number of benzene rings is 1. The molecular formula is C35H37N9O3. The summed E-state index contributed by atoms with van der Waals surface area (Å²) in [6.07, 6.45) is 12.2. The average molecular weight is 632 g/mol. The molecule has 0 spiro atoms. The Labute approximate surface area is 272 Å². The molecule has 0 bridgehead atoms. The molecule has 0 atom stereocenters. The van der Waals surface area contributed by atoms with Gasteiger partial charge in [-0.05, 0) is 61.6 Å². The molecule has 1 aromatic carbocycles. The van der Waals surface area contributed by atoms with Crippen LogP contribution in [0.25, 0.3) is 33.3 Å². The van der Waals surface area contributed by atoms with Crippen LogP contribution in [0, 0.1) is 5.92 Å². The highest BCUT2D eigenvalue weighted by Crippen LogP contribution is 2.41. The van der Waals surface area contributed by atoms with E-state index < -0.39 is 5.97 Å². The number of carboxylic acids is 1. The first kappa shape index (κ1) is 29.3. The minimum atomic E-state index is -1.07. The van der Waals surface area contributed by atoms with Gasteiger partial charge in [-0.3, -0.25) is 19.1 Å². The number of carbonyl (C=O) groups excluding carboxylic acids is 1. The molecule has 2 fully saturated rings. The van der Waals surface area contributed by atoms with Crippen molar-refractivity contribution in [2.45, 2.75) is 64.6 Å². The van der Waals surface area contributed by atoms with Crippen LogP contribution in [-0.4, -0.2) is 76.3 Å². The number of piperidine rings is 1. The van der Waals surface area contributed by atoms with Crippen LogP contribution in [0.15, 0.2) is 55.0 Å². The van der Waals surface area contributed by atoms with Crippen LogP contribution in [0.1, 0.15) is 66.8 Å². The summed E-state index contributed by atoms with van der Waals surface area (Å²) >= 11 is 0. The summed E-state index contributed by atoms with van der Waals surface area (Å²) in [5, 5.41) is 28.9. The second kappa shape index (κ2) is 11.9. The first-order valence-corrected chi connectivity index (χ1v) is 16.5. The molecule has 8 rings (SSSR count). The maximum atomic E-state index is 12.3. The van der Waals surface area contributed by atoms with E-state index in [1.807, 2.05) is 22.0 Å². The van der Waals surface area contributed by atoms with Crippen LogP contribution in [0.2, 0.25) is 0 Å². The Kier molecular flexibility index (Phi) is 7.42. The Morgan fingerprint density at radius 1 is 1.00 bits per heavy atom. The third-order valence-electron chi connectivity index (χ3n) is 9.95. The van der Waals surface area contributed by atoms with Gasteiger partial charge in [0.25, 0.3) is 0 Å². The zero-order valence-corrected chi connectivity index (χ0v) is 26.4. The summed E-state index contributed by atoms with van der Waals surface area (Å²) in [5.74, 6) is 0.351. The Morgan fingerprint density at radius 3 is 2.60 bits per heavy atom. The maximum Gasteiger partial charge on any atom is 0.356 e. The smallest absolute Gasteiger partial charge is 0.356 e. The fourth-order valence-corrected chi connectivity index (χ4v) is 7.08. The first-order chi connectivity index (χ1) is 22.9. The number of fused-ring (bicyclic) bond motifs is 2. The van der Waals surface area contributed by atoms with Crippen molar-refractivity contribution in [1.82, 2.24) is 39.6 Å². The van der Waals surface area contributed by atoms with Gasteiger partial charge in [-0.15, -0.1) is 10.2 Å². The zero-order valence-electron chi connectivity index (χ0n) is 26.4. The lowest BCUT2D eigenvalue weighted by Crippen LogP contribution is -2.34. The van der Waals surface area contributed by atoms with Crippen molar-refractivity contribution in [1.29, 1.82) is 0 Å². The van der Waals surface area contributed by atoms with Crippen molar-refractivity contribution >= 4 is 28.5 Å². The Morgan fingerprint density at radius 2 is 1.85 bits per heavy atom. The van der Waals surface area contributed by atoms with E-state index in [9.17, 15) is 9.59 Å². The molecule has 2 aliphatic heterocycles. The van der Waals surface area contributed by atoms with Crippen LogP contribution in [0.3, 0.4) is 0 Å². The van der Waals surface area contributed by atoms with E-state index in [2.05, 4.69) is 55.3 Å². The number of pyridine rings is 1. The van der Waals surface area contributed by atoms with E-state index >= 15 is 0 Å². The van der Waals surface area contributed by atoms with Crippen LogP contribution in [-0.2, 0) is 24.3 Å². The van der Waals surface area contributed by atoms with Gasteiger partial charge in [-0.1, -0.05) is 18.2 Å². The number of carboxylic acid groups (broad SMARTS) is 1. The summed E-state index contributed by atoms with van der Waals surface area (Å²) in [5.41, 5.74) is 6.32. The molecule has 12 nitrogen and oxygen atoms in total. The topological polar surface area (TPSA) is 135 Å². The van der Waals surface area contributed by atoms with Crippen molar-refractivity contribution in [2.75, 3.05) is 24.5 Å². The maximum absolute atomic E-state index is 12.3. The lowest BCUT2D eigenvalue weighted by molar-refractivity contribution is -0.129. The van der Waals surface area contributed by atoms with E-state index in [1.165, 1.54) is 30.2 Å². The standard InChI is InChI=1S/C35H37N9O3/c1-22(45)42-15-12-32-29(21-42)34(40-44(32)26-5-6-26)27-4-2-3-24-17-31(36-19-28(24)27)25-18-37-43(20-25)16-11-23-9-13-41(14-10-23)33-8-7-30(35(46)47)38-39-33/h2-4,7-8,17-20,23,26H,5-6,9-16,21H2,1H3,(H,46,47). The quantitative estimate of drug-likeness (QED) is 0.251. The van der Waals surface area contributed by atoms with E-state index in [4.69, 9.17) is 15.2 Å². The van der Waals surface area contributed by atoms with Crippen LogP contribution in [0.4, 0.5) is 5.82 Å². The molecule has 1 saturated heterocycles. The molecule has 1 saturated carbocycles. The Bertz CT molecular complexity index is 1970. The fourth-order valence-electron chi connectivity index (χ4n) is 7.08. The highest BCUT2D eigenvalue weighted by molar-refractivity contribution is 5.97. The number of carbonyl (C=O) groups is 2. The lowest BCUT2D eigenvalue weighted by atomic mass is 9.93. The number of aromatic carboxylic acids is 1. The third kappa shape index (κ3) is 5.72. The molecule has 47 heavy (non-hydrogen) atoms. The third-order valence-corrected chi connectivity index (χ3v) is 9.95. The van der Waals surface area contributed by atoms with Gasteiger partial charge in [0.2, 0.25) is 5.91 Å². The summed E-state index contributed by atoms with van der Waals surface area (Å²) < 4.78 is 4.24. The molecule has 0 radical (unpaired) electrons. The number of amides is 1. The highest BCUT2D eigenvalue weighted by Gasteiger charge is 2.33. The molecular weight excluding hydrogens is 594 g/mol. The summed E-state index contributed by atoms with van der Waals surface area (Å²) in [6, 6.07) is 12.2. The second-order valence-electron chi connectivity index (χ2n) is 13.0. The number of hydrogen-bond acceptors (Lipinski definition) is 8. The van der Waals surface area contributed by atoms with Crippen molar-refractivity contribution < 1.29 is 14.7 Å². The normalized spacial score (nSPS) is 16.9. The molecule has 12 heteroatoms. The van der Waals surface area contributed by atoms with Gasteiger partial charge < -0.3 is 14.9 Å². The Balaban J connectivity index is 0.953. The van der Waals surface area contributed by atoms with E-state index in [0.717, 1.165) is 91.0 Å². The minimum absolute atomic E-state index is 0.0380. The van der Waals surface area contributed by atoms with Gasteiger partial charge in [0.15, 0.2) is 11.5 Å². The predicted octanol–water partition coefficient (Wildman–Crippen LogP) is 5.00. The number of nitrogens with zero attached hydrogens (tertiary/aromatic N) is 9. The van der Waals surface area contributed by atoms with Crippen LogP contribution in [0.5, 0.6) is 0 Å². The second-order valence-corrected chi connectivity index (χ2v) is 13.0. The van der Waals surface area contributed by atoms with Crippen molar-refractivity contribution in [3.63, 3.8) is 0 Å². The number of aryl methyl sites for hydroxylation is 1. The van der Waals surface area contributed by atoms with Gasteiger partial charge in [-0.2, -0.15) is 10.2 Å². The first-order valence-electron chi connectivity index (χ1n) is 16.5. The zero-order chi connectivity index (χ0) is 32.1. The predicted molar refractivity (Wildman–Crippen MR) is 176 cm³/mol. The average Bonchev–Trinajstić information content (AvgIpc) is 3.71. The number of hydrogen-bond donors (Lipinski definition) is 1. The summed E-state index contributed by atoms with van der Waals surface area (Å²) in [4.78, 5) is 32.3. The summed E-state index contributed by atoms with van der Waals surface area (Å²) in [6.45, 7) is 5.57. The van der Waals surface area contributed by atoms with Crippen LogP contribution >= 0.6 is 0 Å². The van der Waals surface area contributed by atoms with Crippen molar-refractivity contribution in [2.24, 2.45) is 5.92 Å². The lowest BCUT2D eigenvalue weighted by Gasteiger charge is -2.32. The molecule has 1 aliphatic carbocycles. The van der Waals surface area contributed by atoms with Crippen LogP contribution < -0.4 is 4.90 Å². The van der Waals surface area contributed by atoms with Crippen molar-refractivity contribution in [3.8, 4) is 22.5 Å². The SMILES string of the molecule is CC(=O)N1CCc2c(c(-c3cccc4cc(-c5cnn(CCC6CCN(c7ccc(C(=O)O)nn7)CC6)c5)ncc34)nn2C2CC2)C1. The molecule has 0 unspecified atom stereocenters. The largest absolute Gasteiger partial charge is 0.476 e. The monoisotopic (exact) mass is 631 g/mol. The van der Waals surface area contributed by atoms with Gasteiger partial charge in [0.1, 0.15) is 0 Å². The summed E-state index contributed by atoms with van der Waals surface area (Å²) in [7, 11) is 0. The Hall–Kier alpha value is -5.13. The minimum Gasteiger partial charge on any atom is -0.476 e. The molecule has 240 valence electrons. The number of anilines is 1. The molecule has 6 heterocycles. The van der Waals surface area contributed by atoms with Gasteiger partial charge in [-0.25, -0.2) is 4.79 Å². The fraction of sp³-hybridized carbons (Fsp3) is 0.400. The molecule has 1 amide bonds. The molecule has 1 N–H and O–H groups in total. The van der Waals surface area contributed by atoms with Crippen molar-refractivity contribution in [3.05, 3.63) is 71.9 Å². The number of aromatic nitrogens is 7.